The van der Waals surface area contributed by atoms with Crippen LogP contribution >= 0.6 is 11.6 Å². The van der Waals surface area contributed by atoms with Crippen LogP contribution in [0.25, 0.3) is 0 Å². The lowest BCUT2D eigenvalue weighted by molar-refractivity contribution is -0.154. The van der Waals surface area contributed by atoms with Gasteiger partial charge in [0.2, 0.25) is 5.91 Å². The van der Waals surface area contributed by atoms with Crippen molar-refractivity contribution in [3.05, 3.63) is 58.6 Å². The number of rotatable bonds is 11. The molecule has 1 fully saturated rings. The third kappa shape index (κ3) is 11.3. The van der Waals surface area contributed by atoms with Gasteiger partial charge in [0, 0.05) is 18.1 Å². The van der Waals surface area contributed by atoms with Gasteiger partial charge < -0.3 is 20.1 Å². The van der Waals surface area contributed by atoms with Crippen molar-refractivity contribution >= 4 is 23.4 Å². The lowest BCUT2D eigenvalue weighted by Crippen LogP contribution is -2.47. The predicted octanol–water partition coefficient (Wildman–Crippen LogP) is 5.37. The number of carbonyl (C=O) groups excluding carboxylic acids is 2. The van der Waals surface area contributed by atoms with Crippen LogP contribution in [0.15, 0.2) is 42.5 Å². The van der Waals surface area contributed by atoms with Crippen molar-refractivity contribution in [3.63, 3.8) is 0 Å². The second-order valence-corrected chi connectivity index (χ2v) is 10.2. The van der Waals surface area contributed by atoms with Gasteiger partial charge in [-0.05, 0) is 74.7 Å². The number of hydrogen-bond acceptors (Lipinski definition) is 5. The standard InChI is InChI=1S/C27H30ClF6N3O4/c1-17(24(38)35-13-18-8-10-37(11-9-18)14-19-2-4-20(28)5-3-19)36-25(39)22-12-21(40-15-26(29,30)31)6-7-23(22)41-16-27(32,33)34/h2-7,12,17-18H,8-11,13-16H2,1H3,(H,35,38)(H,36,39)/t17-/m1/s1. The highest BCUT2D eigenvalue weighted by atomic mass is 35.5. The number of halogens is 7. The summed E-state index contributed by atoms with van der Waals surface area (Å²) in [5.41, 5.74) is 0.636. The largest absolute Gasteiger partial charge is 0.484 e. The highest BCUT2D eigenvalue weighted by Crippen LogP contribution is 2.28. The van der Waals surface area contributed by atoms with Gasteiger partial charge in [0.15, 0.2) is 13.2 Å². The number of nitrogens with one attached hydrogen (secondary N) is 2. The smallest absolute Gasteiger partial charge is 0.422 e. The predicted molar refractivity (Wildman–Crippen MR) is 139 cm³/mol. The van der Waals surface area contributed by atoms with Crippen molar-refractivity contribution in [3.8, 4) is 11.5 Å². The molecule has 0 bridgehead atoms. The zero-order valence-corrected chi connectivity index (χ0v) is 22.8. The fraction of sp³-hybridized carbons (Fsp3) is 0.481. The summed E-state index contributed by atoms with van der Waals surface area (Å²) in [6.45, 7) is 0.805. The highest BCUT2D eigenvalue weighted by molar-refractivity contribution is 6.30. The zero-order valence-electron chi connectivity index (χ0n) is 22.1. The molecule has 3 rings (SSSR count). The number of hydrogen-bond donors (Lipinski definition) is 2. The Morgan fingerprint density at radius 1 is 0.976 bits per heavy atom. The minimum absolute atomic E-state index is 0.216. The molecule has 1 aliphatic heterocycles. The third-order valence-electron chi connectivity index (χ3n) is 6.32. The molecule has 0 aromatic heterocycles. The Kier molecular flexibility index (Phi) is 11.1. The molecule has 0 radical (unpaired) electrons. The van der Waals surface area contributed by atoms with Gasteiger partial charge in [-0.15, -0.1) is 0 Å². The van der Waals surface area contributed by atoms with Crippen molar-refractivity contribution in [1.29, 1.82) is 0 Å². The van der Waals surface area contributed by atoms with Crippen molar-refractivity contribution in [2.24, 2.45) is 5.92 Å². The van der Waals surface area contributed by atoms with Crippen LogP contribution in [-0.4, -0.2) is 68.0 Å². The van der Waals surface area contributed by atoms with Gasteiger partial charge in [-0.1, -0.05) is 23.7 Å². The average Bonchev–Trinajstić information content (AvgIpc) is 2.90. The number of piperidine rings is 1. The third-order valence-corrected chi connectivity index (χ3v) is 6.57. The number of carbonyl (C=O) groups is 2. The number of nitrogens with zero attached hydrogens (tertiary/aromatic N) is 1. The molecule has 0 spiro atoms. The van der Waals surface area contributed by atoms with Gasteiger partial charge in [0.25, 0.3) is 5.91 Å². The number of benzene rings is 2. The maximum absolute atomic E-state index is 12.8. The van der Waals surface area contributed by atoms with E-state index < -0.39 is 60.5 Å². The quantitative estimate of drug-likeness (QED) is 0.335. The van der Waals surface area contributed by atoms with Crippen LogP contribution < -0.4 is 20.1 Å². The van der Waals surface area contributed by atoms with Gasteiger partial charge in [-0.25, -0.2) is 0 Å². The summed E-state index contributed by atoms with van der Waals surface area (Å²) in [5, 5.41) is 5.80. The fourth-order valence-electron chi connectivity index (χ4n) is 4.16. The minimum Gasteiger partial charge on any atom is -0.484 e. The van der Waals surface area contributed by atoms with Gasteiger partial charge in [0.05, 0.1) is 5.56 Å². The molecule has 1 heterocycles. The molecule has 2 aromatic carbocycles. The Hall–Kier alpha value is -3.19. The van der Waals surface area contributed by atoms with E-state index in [2.05, 4.69) is 25.0 Å². The van der Waals surface area contributed by atoms with Crippen molar-refractivity contribution < 1.29 is 45.4 Å². The van der Waals surface area contributed by atoms with Crippen molar-refractivity contribution in [1.82, 2.24) is 15.5 Å². The maximum Gasteiger partial charge on any atom is 0.422 e. The molecule has 41 heavy (non-hydrogen) atoms. The number of likely N-dealkylation sites (tertiary alicyclic amines) is 1. The van der Waals surface area contributed by atoms with Crippen molar-refractivity contribution in [2.75, 3.05) is 32.8 Å². The van der Waals surface area contributed by atoms with E-state index in [1.807, 2.05) is 24.3 Å². The van der Waals surface area contributed by atoms with E-state index in [-0.39, 0.29) is 5.92 Å². The molecule has 226 valence electrons. The number of alkyl halides is 6. The van der Waals surface area contributed by atoms with Gasteiger partial charge in [-0.2, -0.15) is 26.3 Å². The minimum atomic E-state index is -4.72. The van der Waals surface area contributed by atoms with Gasteiger partial charge >= 0.3 is 12.4 Å². The highest BCUT2D eigenvalue weighted by Gasteiger charge is 2.31. The molecule has 1 saturated heterocycles. The van der Waals surface area contributed by atoms with E-state index in [1.54, 1.807) is 0 Å². The summed E-state index contributed by atoms with van der Waals surface area (Å²) in [4.78, 5) is 27.8. The number of amides is 2. The van der Waals surface area contributed by atoms with E-state index >= 15 is 0 Å². The molecule has 2 amide bonds. The van der Waals surface area contributed by atoms with Gasteiger partial charge in [-0.3, -0.25) is 14.5 Å². The lowest BCUT2D eigenvalue weighted by atomic mass is 9.96. The van der Waals surface area contributed by atoms with Crippen LogP contribution in [0.5, 0.6) is 11.5 Å². The first-order valence-corrected chi connectivity index (χ1v) is 13.1. The Bertz CT molecular complexity index is 1170. The Morgan fingerprint density at radius 3 is 2.20 bits per heavy atom. The summed E-state index contributed by atoms with van der Waals surface area (Å²) in [6.07, 6.45) is -7.70. The first-order valence-electron chi connectivity index (χ1n) is 12.8. The summed E-state index contributed by atoms with van der Waals surface area (Å²) in [7, 11) is 0. The first kappa shape index (κ1) is 32.3. The monoisotopic (exact) mass is 609 g/mol. The molecule has 7 nitrogen and oxygen atoms in total. The summed E-state index contributed by atoms with van der Waals surface area (Å²) < 4.78 is 84.8. The first-order chi connectivity index (χ1) is 19.2. The normalized spacial score (nSPS) is 15.7. The van der Waals surface area contributed by atoms with Crippen LogP contribution in [-0.2, 0) is 11.3 Å². The molecule has 0 saturated carbocycles. The molecule has 2 aromatic rings. The molecular formula is C27H30ClF6N3O4. The van der Waals surface area contributed by atoms with E-state index in [0.717, 1.165) is 56.2 Å². The number of ether oxygens (including phenoxy) is 2. The Morgan fingerprint density at radius 2 is 1.59 bits per heavy atom. The Balaban J connectivity index is 1.52. The molecule has 1 aliphatic rings. The second-order valence-electron chi connectivity index (χ2n) is 9.75. The average molecular weight is 610 g/mol. The molecule has 2 N–H and O–H groups in total. The zero-order chi connectivity index (χ0) is 30.2. The topological polar surface area (TPSA) is 79.9 Å². The van der Waals surface area contributed by atoms with Gasteiger partial charge in [0.1, 0.15) is 17.5 Å². The van der Waals surface area contributed by atoms with E-state index in [9.17, 15) is 35.9 Å². The van der Waals surface area contributed by atoms with Crippen LogP contribution in [0.1, 0.15) is 35.7 Å². The molecule has 0 unspecified atom stereocenters. The molecule has 0 aliphatic carbocycles. The molecule has 1 atom stereocenters. The van der Waals surface area contributed by atoms with E-state index in [0.29, 0.717) is 11.6 Å². The maximum atomic E-state index is 12.8. The summed E-state index contributed by atoms with van der Waals surface area (Å²) >= 11 is 5.93. The fourth-order valence-corrected chi connectivity index (χ4v) is 4.29. The van der Waals surface area contributed by atoms with E-state index in [1.165, 1.54) is 6.92 Å². The van der Waals surface area contributed by atoms with Crippen LogP contribution in [0, 0.1) is 5.92 Å². The second kappa shape index (κ2) is 14.1. The molecule has 14 heteroatoms. The van der Waals surface area contributed by atoms with Crippen LogP contribution in [0.2, 0.25) is 5.02 Å². The Labute approximate surface area is 238 Å². The van der Waals surface area contributed by atoms with Crippen LogP contribution in [0.3, 0.4) is 0 Å². The van der Waals surface area contributed by atoms with Crippen LogP contribution in [0.4, 0.5) is 26.3 Å². The molecular weight excluding hydrogens is 580 g/mol. The summed E-state index contributed by atoms with van der Waals surface area (Å²) in [5.74, 6) is -2.27. The lowest BCUT2D eigenvalue weighted by Gasteiger charge is -2.32. The SMILES string of the molecule is C[C@@H](NC(=O)c1cc(OCC(F)(F)F)ccc1OCC(F)(F)F)C(=O)NCC1CCN(Cc2ccc(Cl)cc2)CC1. The van der Waals surface area contributed by atoms with Crippen molar-refractivity contribution in [2.45, 2.75) is 44.7 Å². The van der Waals surface area contributed by atoms with E-state index in [4.69, 9.17) is 11.6 Å². The summed E-state index contributed by atoms with van der Waals surface area (Å²) in [6, 6.07) is 9.21.